The molecular formula is C21H27N3O2. The Bertz CT molecular complexity index is 730. The maximum atomic E-state index is 12.4. The Morgan fingerprint density at radius 1 is 1.15 bits per heavy atom. The van der Waals surface area contributed by atoms with Gasteiger partial charge in [0.05, 0.1) is 12.8 Å². The average molecular weight is 353 g/mol. The number of likely N-dealkylation sites (tertiary alicyclic amines) is 1. The van der Waals surface area contributed by atoms with E-state index in [2.05, 4.69) is 22.6 Å². The van der Waals surface area contributed by atoms with Gasteiger partial charge in [0, 0.05) is 18.2 Å². The van der Waals surface area contributed by atoms with Gasteiger partial charge in [-0.1, -0.05) is 36.8 Å². The van der Waals surface area contributed by atoms with Crippen LogP contribution in [0.2, 0.25) is 0 Å². The minimum absolute atomic E-state index is 0.162. The number of likely N-dealkylation sites (N-methyl/N-ethyl adjacent to an activating group) is 1. The maximum Gasteiger partial charge on any atom is 0.319 e. The van der Waals surface area contributed by atoms with Gasteiger partial charge in [-0.2, -0.15) is 0 Å². The molecule has 0 spiro atoms. The molecule has 0 aliphatic carbocycles. The van der Waals surface area contributed by atoms with Crippen molar-refractivity contribution in [2.24, 2.45) is 0 Å². The highest BCUT2D eigenvalue weighted by atomic mass is 16.5. The van der Waals surface area contributed by atoms with Gasteiger partial charge in [-0.3, -0.25) is 0 Å². The van der Waals surface area contributed by atoms with Crippen molar-refractivity contribution in [3.63, 3.8) is 0 Å². The van der Waals surface area contributed by atoms with Gasteiger partial charge in [0.1, 0.15) is 5.75 Å². The lowest BCUT2D eigenvalue weighted by atomic mass is 10.0. The van der Waals surface area contributed by atoms with Crippen LogP contribution in [0.5, 0.6) is 5.75 Å². The molecule has 26 heavy (non-hydrogen) atoms. The molecular weight excluding hydrogens is 326 g/mol. The Morgan fingerprint density at radius 3 is 2.65 bits per heavy atom. The number of nitrogens with one attached hydrogen (secondary N) is 2. The minimum Gasteiger partial charge on any atom is -0.497 e. The van der Waals surface area contributed by atoms with Gasteiger partial charge in [-0.15, -0.1) is 0 Å². The number of carbonyl (C=O) groups excluding carboxylic acids is 1. The second-order valence-electron chi connectivity index (χ2n) is 6.74. The summed E-state index contributed by atoms with van der Waals surface area (Å²) in [5.41, 5.74) is 2.82. The fourth-order valence-electron chi connectivity index (χ4n) is 3.39. The normalized spacial score (nSPS) is 17.5. The number of anilines is 1. The minimum atomic E-state index is -0.162. The number of urea groups is 1. The number of benzene rings is 2. The molecule has 5 nitrogen and oxygen atoms in total. The summed E-state index contributed by atoms with van der Waals surface area (Å²) in [5.74, 6) is 0.813. The predicted octanol–water partition coefficient (Wildman–Crippen LogP) is 3.97. The van der Waals surface area contributed by atoms with Crippen molar-refractivity contribution in [1.29, 1.82) is 0 Å². The van der Waals surface area contributed by atoms with Crippen molar-refractivity contribution >= 4 is 11.7 Å². The second kappa shape index (κ2) is 8.72. The zero-order chi connectivity index (χ0) is 18.4. The van der Waals surface area contributed by atoms with E-state index in [1.165, 1.54) is 12.8 Å². The molecule has 1 aliphatic rings. The molecule has 1 fully saturated rings. The Hall–Kier alpha value is -2.53. The third-order valence-electron chi connectivity index (χ3n) is 5.00. The number of methoxy groups -OCH3 is 1. The van der Waals surface area contributed by atoms with E-state index >= 15 is 0 Å². The lowest BCUT2D eigenvalue weighted by Gasteiger charge is -2.32. The molecule has 5 heteroatoms. The van der Waals surface area contributed by atoms with Crippen molar-refractivity contribution in [1.82, 2.24) is 10.2 Å². The molecule has 1 aliphatic heterocycles. The summed E-state index contributed by atoms with van der Waals surface area (Å²) in [6.07, 6.45) is 3.62. The number of piperidine rings is 1. The van der Waals surface area contributed by atoms with Crippen LogP contribution in [0, 0.1) is 0 Å². The zero-order valence-corrected chi connectivity index (χ0v) is 15.5. The standard InChI is InChI=1S/C21H27N3O2/c1-24-14-6-5-7-17(24)15-22-21(25)23-20-9-4-3-8-19(20)16-10-12-18(26-2)13-11-16/h3-4,8-13,17H,5-7,14-15H2,1-2H3,(H2,22,23,25)/t17-/m1/s1. The number of hydrogen-bond donors (Lipinski definition) is 2. The Morgan fingerprint density at radius 2 is 1.92 bits per heavy atom. The molecule has 1 saturated heterocycles. The smallest absolute Gasteiger partial charge is 0.319 e. The second-order valence-corrected chi connectivity index (χ2v) is 6.74. The summed E-state index contributed by atoms with van der Waals surface area (Å²) in [6, 6.07) is 15.9. The van der Waals surface area contributed by atoms with Gasteiger partial charge in [-0.05, 0) is 50.2 Å². The molecule has 2 aromatic rings. The third kappa shape index (κ3) is 4.55. The molecule has 0 radical (unpaired) electrons. The SMILES string of the molecule is COc1ccc(-c2ccccc2NC(=O)NC[C@H]2CCCCN2C)cc1. The summed E-state index contributed by atoms with van der Waals surface area (Å²) in [6.45, 7) is 1.78. The number of nitrogens with zero attached hydrogens (tertiary/aromatic N) is 1. The van der Waals surface area contributed by atoms with E-state index in [-0.39, 0.29) is 6.03 Å². The number of carbonyl (C=O) groups is 1. The highest BCUT2D eigenvalue weighted by Crippen LogP contribution is 2.29. The molecule has 0 unspecified atom stereocenters. The highest BCUT2D eigenvalue weighted by Gasteiger charge is 2.19. The van der Waals surface area contributed by atoms with Crippen molar-refractivity contribution in [3.8, 4) is 16.9 Å². The van der Waals surface area contributed by atoms with Crippen LogP contribution in [-0.2, 0) is 0 Å². The van der Waals surface area contributed by atoms with Crippen LogP contribution in [0.15, 0.2) is 48.5 Å². The Labute approximate surface area is 155 Å². The number of rotatable bonds is 5. The quantitative estimate of drug-likeness (QED) is 0.855. The van der Waals surface area contributed by atoms with E-state index in [0.717, 1.165) is 35.5 Å². The van der Waals surface area contributed by atoms with Gasteiger partial charge >= 0.3 is 6.03 Å². The lowest BCUT2D eigenvalue weighted by molar-refractivity contribution is 0.182. The van der Waals surface area contributed by atoms with Crippen molar-refractivity contribution in [3.05, 3.63) is 48.5 Å². The largest absolute Gasteiger partial charge is 0.497 e. The molecule has 0 bridgehead atoms. The van der Waals surface area contributed by atoms with Gasteiger partial charge in [-0.25, -0.2) is 4.79 Å². The first-order valence-corrected chi connectivity index (χ1v) is 9.16. The summed E-state index contributed by atoms with van der Waals surface area (Å²) >= 11 is 0. The average Bonchev–Trinajstić information content (AvgIpc) is 2.68. The van der Waals surface area contributed by atoms with E-state index < -0.39 is 0 Å². The summed E-state index contributed by atoms with van der Waals surface area (Å²) in [7, 11) is 3.78. The predicted molar refractivity (Wildman–Crippen MR) is 106 cm³/mol. The van der Waals surface area contributed by atoms with E-state index in [4.69, 9.17) is 4.74 Å². The molecule has 3 rings (SSSR count). The number of para-hydroxylation sites is 1. The molecule has 0 aromatic heterocycles. The summed E-state index contributed by atoms with van der Waals surface area (Å²) in [5, 5.41) is 6.01. The van der Waals surface area contributed by atoms with Gasteiger partial charge < -0.3 is 20.3 Å². The molecule has 2 aromatic carbocycles. The van der Waals surface area contributed by atoms with Crippen LogP contribution in [0.3, 0.4) is 0 Å². The van der Waals surface area contributed by atoms with E-state index in [1.54, 1.807) is 7.11 Å². The third-order valence-corrected chi connectivity index (χ3v) is 5.00. The van der Waals surface area contributed by atoms with Crippen molar-refractivity contribution < 1.29 is 9.53 Å². The number of ether oxygens (including phenoxy) is 1. The van der Waals surface area contributed by atoms with Crippen molar-refractivity contribution in [2.75, 3.05) is 32.6 Å². The van der Waals surface area contributed by atoms with Crippen LogP contribution in [0.1, 0.15) is 19.3 Å². The topological polar surface area (TPSA) is 53.6 Å². The molecule has 1 heterocycles. The molecule has 0 saturated carbocycles. The van der Waals surface area contributed by atoms with Gasteiger partial charge in [0.25, 0.3) is 0 Å². The lowest BCUT2D eigenvalue weighted by Crippen LogP contribution is -2.45. The monoisotopic (exact) mass is 353 g/mol. The number of amides is 2. The first-order valence-electron chi connectivity index (χ1n) is 9.16. The fourth-order valence-corrected chi connectivity index (χ4v) is 3.39. The highest BCUT2D eigenvalue weighted by molar-refractivity contribution is 5.94. The summed E-state index contributed by atoms with van der Waals surface area (Å²) in [4.78, 5) is 14.7. The number of hydrogen-bond acceptors (Lipinski definition) is 3. The van der Waals surface area contributed by atoms with E-state index in [0.29, 0.717) is 12.6 Å². The molecule has 2 N–H and O–H groups in total. The Balaban J connectivity index is 1.64. The summed E-state index contributed by atoms with van der Waals surface area (Å²) < 4.78 is 5.21. The van der Waals surface area contributed by atoms with Crippen LogP contribution < -0.4 is 15.4 Å². The molecule has 1 atom stereocenters. The van der Waals surface area contributed by atoms with Crippen LogP contribution in [0.25, 0.3) is 11.1 Å². The Kier molecular flexibility index (Phi) is 6.12. The van der Waals surface area contributed by atoms with Crippen LogP contribution >= 0.6 is 0 Å². The van der Waals surface area contributed by atoms with Gasteiger partial charge in [0.15, 0.2) is 0 Å². The van der Waals surface area contributed by atoms with Crippen LogP contribution in [-0.4, -0.2) is 44.2 Å². The van der Waals surface area contributed by atoms with Crippen molar-refractivity contribution in [2.45, 2.75) is 25.3 Å². The molecule has 2 amide bonds. The van der Waals surface area contributed by atoms with E-state index in [9.17, 15) is 4.79 Å². The molecule has 138 valence electrons. The maximum absolute atomic E-state index is 12.4. The fraction of sp³-hybridized carbons (Fsp3) is 0.381. The van der Waals surface area contributed by atoms with Gasteiger partial charge in [0.2, 0.25) is 0 Å². The van der Waals surface area contributed by atoms with E-state index in [1.807, 2.05) is 48.5 Å². The first-order chi connectivity index (χ1) is 12.7. The van der Waals surface area contributed by atoms with Crippen LogP contribution in [0.4, 0.5) is 10.5 Å². The zero-order valence-electron chi connectivity index (χ0n) is 15.5. The first kappa shape index (κ1) is 18.3.